The normalized spacial score (nSPS) is 23.6. The lowest BCUT2D eigenvalue weighted by Gasteiger charge is -2.36. The van der Waals surface area contributed by atoms with Crippen molar-refractivity contribution < 1.29 is 23.8 Å². The fraction of sp³-hybridized carbons (Fsp3) is 0.381. The van der Waals surface area contributed by atoms with Crippen LogP contribution in [0.5, 0.6) is 5.75 Å². The second-order valence-corrected chi connectivity index (χ2v) is 8.42. The van der Waals surface area contributed by atoms with Crippen molar-refractivity contribution in [3.8, 4) is 5.75 Å². The van der Waals surface area contributed by atoms with Crippen LogP contribution in [-0.4, -0.2) is 45.3 Å². The molecule has 3 atom stereocenters. The van der Waals surface area contributed by atoms with Crippen molar-refractivity contribution in [1.82, 2.24) is 14.8 Å². The number of amides is 2. The first-order chi connectivity index (χ1) is 14.8. The van der Waals surface area contributed by atoms with Crippen LogP contribution in [0.15, 0.2) is 23.0 Å². The molecule has 2 amide bonds. The fourth-order valence-electron chi connectivity index (χ4n) is 4.78. The molecule has 2 N–H and O–H groups in total. The molecule has 3 aliphatic heterocycles. The first-order valence-electron chi connectivity index (χ1n) is 9.97. The smallest absolute Gasteiger partial charge is 0.276 e. The lowest BCUT2D eigenvalue weighted by Crippen LogP contribution is -2.48. The topological polar surface area (TPSA) is 101 Å². The molecule has 5 rings (SSSR count). The Labute approximate surface area is 181 Å². The molecule has 1 aromatic carbocycles. The predicted octanol–water partition coefficient (Wildman–Crippen LogP) is 1.96. The van der Waals surface area contributed by atoms with E-state index < -0.39 is 35.0 Å². The van der Waals surface area contributed by atoms with E-state index in [0.717, 1.165) is 0 Å². The van der Waals surface area contributed by atoms with Crippen LogP contribution in [-0.2, 0) is 17.7 Å². The SMILES string of the molecule is C[C@H]1CN2C(=O)c3c(O)c(=O)c(C(=O)NCc4cccc(Cl)c4F)c4n3[C@@H](CC4)[C@H]2O1. The Balaban J connectivity index is 1.54. The minimum absolute atomic E-state index is 0.0754. The van der Waals surface area contributed by atoms with E-state index in [9.17, 15) is 23.9 Å². The second-order valence-electron chi connectivity index (χ2n) is 8.01. The van der Waals surface area contributed by atoms with Crippen LogP contribution in [0.3, 0.4) is 0 Å². The molecule has 162 valence electrons. The summed E-state index contributed by atoms with van der Waals surface area (Å²) in [6.45, 7) is 2.03. The second kappa shape index (κ2) is 7.06. The van der Waals surface area contributed by atoms with Crippen LogP contribution in [0, 0.1) is 5.82 Å². The van der Waals surface area contributed by atoms with Crippen LogP contribution in [0.2, 0.25) is 5.02 Å². The Morgan fingerprint density at radius 2 is 2.16 bits per heavy atom. The van der Waals surface area contributed by atoms with Crippen molar-refractivity contribution in [3.05, 3.63) is 61.8 Å². The molecule has 3 aliphatic rings. The summed E-state index contributed by atoms with van der Waals surface area (Å²) in [6, 6.07) is 4.12. The third kappa shape index (κ3) is 2.87. The van der Waals surface area contributed by atoms with Gasteiger partial charge in [-0.1, -0.05) is 23.7 Å². The van der Waals surface area contributed by atoms with E-state index in [1.54, 1.807) is 10.6 Å². The van der Waals surface area contributed by atoms with Gasteiger partial charge in [0.1, 0.15) is 11.4 Å². The standard InChI is InChI=1S/C21H19ClFN3O5/c1-9-8-25-20(30)16-18(28)17(27)14(12-5-6-13(26(12)16)21(25)31-9)19(29)24-7-10-3-2-4-11(22)15(10)23/h2-4,9,13,21,28H,5-8H2,1H3,(H,24,29)/t9-,13-,21+/m0/s1. The molecule has 0 aliphatic carbocycles. The van der Waals surface area contributed by atoms with Gasteiger partial charge in [-0.05, 0) is 25.8 Å². The highest BCUT2D eigenvalue weighted by Gasteiger charge is 2.50. The number of hydrogen-bond acceptors (Lipinski definition) is 5. The first kappa shape index (κ1) is 20.0. The van der Waals surface area contributed by atoms with Gasteiger partial charge in [0, 0.05) is 24.3 Å². The lowest BCUT2D eigenvalue weighted by molar-refractivity contribution is -0.0308. The van der Waals surface area contributed by atoms with E-state index in [4.69, 9.17) is 16.3 Å². The van der Waals surface area contributed by atoms with Gasteiger partial charge >= 0.3 is 0 Å². The van der Waals surface area contributed by atoms with Crippen molar-refractivity contribution >= 4 is 23.4 Å². The minimum atomic E-state index is -0.911. The van der Waals surface area contributed by atoms with E-state index >= 15 is 0 Å². The minimum Gasteiger partial charge on any atom is -0.503 e. The maximum absolute atomic E-state index is 14.1. The summed E-state index contributed by atoms with van der Waals surface area (Å²) < 4.78 is 21.6. The number of aromatic hydroxyl groups is 1. The zero-order chi connectivity index (χ0) is 22.0. The van der Waals surface area contributed by atoms with E-state index in [1.807, 2.05) is 6.92 Å². The van der Waals surface area contributed by atoms with Gasteiger partial charge in [0.25, 0.3) is 11.8 Å². The third-order valence-corrected chi connectivity index (χ3v) is 6.41. The van der Waals surface area contributed by atoms with Gasteiger partial charge in [-0.25, -0.2) is 4.39 Å². The summed E-state index contributed by atoms with van der Waals surface area (Å²) in [5.74, 6) is -2.65. The molecule has 1 saturated heterocycles. The molecule has 0 bridgehead atoms. The number of hydrogen-bond donors (Lipinski definition) is 2. The van der Waals surface area contributed by atoms with Crippen molar-refractivity contribution in [2.45, 2.75) is 44.7 Å². The number of benzene rings is 1. The van der Waals surface area contributed by atoms with Crippen LogP contribution in [0.4, 0.5) is 4.39 Å². The van der Waals surface area contributed by atoms with E-state index in [-0.39, 0.29) is 40.5 Å². The summed E-state index contributed by atoms with van der Waals surface area (Å²) in [5.41, 5.74) is -0.710. The average Bonchev–Trinajstić information content (AvgIpc) is 3.33. The van der Waals surface area contributed by atoms with Gasteiger partial charge in [0.05, 0.1) is 17.2 Å². The van der Waals surface area contributed by atoms with E-state index in [1.165, 1.54) is 17.0 Å². The van der Waals surface area contributed by atoms with Crippen LogP contribution >= 0.6 is 11.6 Å². The number of nitrogens with one attached hydrogen (secondary N) is 1. The molecular weight excluding hydrogens is 429 g/mol. The Bertz CT molecular complexity index is 1200. The molecule has 2 aromatic rings. The largest absolute Gasteiger partial charge is 0.503 e. The summed E-state index contributed by atoms with van der Waals surface area (Å²) in [7, 11) is 0. The van der Waals surface area contributed by atoms with Crippen molar-refractivity contribution in [3.63, 3.8) is 0 Å². The number of aromatic nitrogens is 1. The molecule has 4 heterocycles. The Morgan fingerprint density at radius 1 is 1.39 bits per heavy atom. The monoisotopic (exact) mass is 447 g/mol. The number of carbonyl (C=O) groups is 2. The van der Waals surface area contributed by atoms with Crippen LogP contribution in [0.1, 0.15) is 51.5 Å². The predicted molar refractivity (Wildman–Crippen MR) is 108 cm³/mol. The van der Waals surface area contributed by atoms with Crippen molar-refractivity contribution in [2.24, 2.45) is 0 Å². The molecule has 0 unspecified atom stereocenters. The van der Waals surface area contributed by atoms with Crippen molar-refractivity contribution in [1.29, 1.82) is 0 Å². The van der Waals surface area contributed by atoms with Gasteiger partial charge in [0.15, 0.2) is 17.7 Å². The van der Waals surface area contributed by atoms with Gasteiger partial charge < -0.3 is 24.6 Å². The van der Waals surface area contributed by atoms with Crippen LogP contribution < -0.4 is 10.7 Å². The van der Waals surface area contributed by atoms with Gasteiger partial charge in [-0.3, -0.25) is 14.4 Å². The number of ether oxygens (including phenoxy) is 1. The highest BCUT2D eigenvalue weighted by molar-refractivity contribution is 6.30. The van der Waals surface area contributed by atoms with Gasteiger partial charge in [-0.2, -0.15) is 0 Å². The third-order valence-electron chi connectivity index (χ3n) is 6.12. The molecule has 0 spiro atoms. The first-order valence-corrected chi connectivity index (χ1v) is 10.3. The maximum atomic E-state index is 14.1. The Morgan fingerprint density at radius 3 is 2.94 bits per heavy atom. The summed E-state index contributed by atoms with van der Waals surface area (Å²) in [4.78, 5) is 40.3. The lowest BCUT2D eigenvalue weighted by atomic mass is 10.1. The molecule has 0 saturated carbocycles. The number of carbonyl (C=O) groups excluding carboxylic acids is 2. The quantitative estimate of drug-likeness (QED) is 0.749. The zero-order valence-electron chi connectivity index (χ0n) is 16.5. The summed E-state index contributed by atoms with van der Waals surface area (Å²) >= 11 is 5.77. The molecule has 31 heavy (non-hydrogen) atoms. The number of nitrogens with zero attached hydrogens (tertiary/aromatic N) is 2. The number of halogens is 2. The Hall–Kier alpha value is -2.91. The maximum Gasteiger partial charge on any atom is 0.276 e. The zero-order valence-corrected chi connectivity index (χ0v) is 17.3. The molecule has 1 fully saturated rings. The van der Waals surface area contributed by atoms with Gasteiger partial charge in [-0.15, -0.1) is 0 Å². The molecular formula is C21H19ClFN3O5. The molecule has 1 aromatic heterocycles. The van der Waals surface area contributed by atoms with Crippen molar-refractivity contribution in [2.75, 3.05) is 6.54 Å². The number of pyridine rings is 1. The fourth-order valence-corrected chi connectivity index (χ4v) is 4.97. The van der Waals surface area contributed by atoms with Crippen LogP contribution in [0.25, 0.3) is 0 Å². The molecule has 0 radical (unpaired) electrons. The average molecular weight is 448 g/mol. The van der Waals surface area contributed by atoms with E-state index in [0.29, 0.717) is 25.1 Å². The Kier molecular flexibility index (Phi) is 4.56. The summed E-state index contributed by atoms with van der Waals surface area (Å²) in [6.07, 6.45) is 0.253. The summed E-state index contributed by atoms with van der Waals surface area (Å²) in [5, 5.41) is 13.0. The highest BCUT2D eigenvalue weighted by Crippen LogP contribution is 2.42. The van der Waals surface area contributed by atoms with Gasteiger partial charge in [0.2, 0.25) is 5.43 Å². The molecule has 8 nitrogen and oxygen atoms in total. The number of fused-ring (bicyclic) bond motifs is 2. The van der Waals surface area contributed by atoms with E-state index in [2.05, 4.69) is 5.32 Å². The number of rotatable bonds is 3. The highest BCUT2D eigenvalue weighted by atomic mass is 35.5. The molecule has 10 heteroatoms.